The van der Waals surface area contributed by atoms with Gasteiger partial charge >= 0.3 is 12.6 Å². The van der Waals surface area contributed by atoms with Crippen LogP contribution in [0.3, 0.4) is 0 Å². The van der Waals surface area contributed by atoms with Crippen molar-refractivity contribution in [2.24, 2.45) is 5.92 Å². The van der Waals surface area contributed by atoms with Crippen LogP contribution in [0.5, 0.6) is 5.75 Å². The van der Waals surface area contributed by atoms with Gasteiger partial charge in [0.25, 0.3) is 5.91 Å². The van der Waals surface area contributed by atoms with Crippen LogP contribution in [0.4, 0.5) is 8.78 Å². The van der Waals surface area contributed by atoms with E-state index in [2.05, 4.69) is 4.74 Å². The maximum atomic E-state index is 12.8. The Morgan fingerprint density at radius 1 is 1.27 bits per heavy atom. The number of aliphatic carboxylic acids is 1. The number of alkyl halides is 2. The molecule has 1 N–H and O–H groups in total. The number of hydrogen-bond acceptors (Lipinski definition) is 4. The molecule has 5 nitrogen and oxygen atoms in total. The van der Waals surface area contributed by atoms with E-state index in [1.165, 1.54) is 11.0 Å². The van der Waals surface area contributed by atoms with Crippen molar-refractivity contribution in [3.8, 4) is 5.75 Å². The topological polar surface area (TPSA) is 66.8 Å². The number of carbonyl (C=O) groups excluding carboxylic acids is 1. The summed E-state index contributed by atoms with van der Waals surface area (Å²) in [7, 11) is 0. The number of carboxylic acids is 1. The quantitative estimate of drug-likeness (QED) is 0.859. The fraction of sp³-hybridized carbons (Fsp3) is 0.333. The molecule has 2 heterocycles. The molecular weight excluding hydrogens is 364 g/mol. The summed E-state index contributed by atoms with van der Waals surface area (Å²) in [6.07, 6.45) is 0. The summed E-state index contributed by atoms with van der Waals surface area (Å²) in [6, 6.07) is 10.5. The number of nitrogens with zero attached hydrogens (tertiary/aromatic N) is 1. The molecule has 1 aromatic heterocycles. The third-order valence-corrected chi connectivity index (χ3v) is 5.40. The summed E-state index contributed by atoms with van der Waals surface area (Å²) in [4.78, 5) is 26.6. The molecule has 138 valence electrons. The second-order valence-electron chi connectivity index (χ2n) is 6.10. The minimum Gasteiger partial charge on any atom is -0.481 e. The highest BCUT2D eigenvalue weighted by Gasteiger charge is 2.41. The van der Waals surface area contributed by atoms with Crippen molar-refractivity contribution in [2.75, 3.05) is 13.1 Å². The molecule has 1 aromatic carbocycles. The predicted octanol–water partition coefficient (Wildman–Crippen LogP) is 3.60. The molecule has 1 saturated heterocycles. The molecule has 1 amide bonds. The summed E-state index contributed by atoms with van der Waals surface area (Å²) in [6.45, 7) is -1.10. The number of carboxylic acid groups (broad SMARTS) is 1. The van der Waals surface area contributed by atoms with Gasteiger partial charge < -0.3 is 14.7 Å². The minimum atomic E-state index is -3.03. The number of likely N-dealkylation sites (tertiary alicyclic amines) is 1. The maximum Gasteiger partial charge on any atom is 0.387 e. The first-order valence-corrected chi connectivity index (χ1v) is 8.80. The number of thiophene rings is 1. The van der Waals surface area contributed by atoms with Gasteiger partial charge in [-0.25, -0.2) is 0 Å². The second kappa shape index (κ2) is 7.41. The van der Waals surface area contributed by atoms with Crippen molar-refractivity contribution in [3.63, 3.8) is 0 Å². The van der Waals surface area contributed by atoms with E-state index in [0.29, 0.717) is 4.88 Å². The van der Waals surface area contributed by atoms with E-state index in [1.807, 2.05) is 30.3 Å². The molecule has 3 rings (SSSR count). The van der Waals surface area contributed by atoms with Crippen LogP contribution < -0.4 is 4.74 Å². The normalized spacial score (nSPS) is 19.8. The number of hydrogen-bond donors (Lipinski definition) is 1. The predicted molar refractivity (Wildman–Crippen MR) is 91.9 cm³/mol. The molecule has 26 heavy (non-hydrogen) atoms. The van der Waals surface area contributed by atoms with Gasteiger partial charge in [-0.05, 0) is 18.6 Å². The Labute approximate surface area is 152 Å². The summed E-state index contributed by atoms with van der Waals surface area (Å²) < 4.78 is 29.6. The van der Waals surface area contributed by atoms with Crippen LogP contribution >= 0.6 is 11.3 Å². The van der Waals surface area contributed by atoms with E-state index >= 15 is 0 Å². The summed E-state index contributed by atoms with van der Waals surface area (Å²) in [5.41, 5.74) is 0.835. The average Bonchev–Trinajstić information content (AvgIpc) is 3.18. The third kappa shape index (κ3) is 3.70. The van der Waals surface area contributed by atoms with Gasteiger partial charge in [0.1, 0.15) is 10.6 Å². The van der Waals surface area contributed by atoms with Crippen molar-refractivity contribution >= 4 is 23.2 Å². The minimum absolute atomic E-state index is 0.0266. The first kappa shape index (κ1) is 18.3. The van der Waals surface area contributed by atoms with Crippen LogP contribution in [0.15, 0.2) is 36.4 Å². The van der Waals surface area contributed by atoms with Gasteiger partial charge in [-0.15, -0.1) is 11.3 Å². The molecule has 0 bridgehead atoms. The third-order valence-electron chi connectivity index (χ3n) is 4.38. The highest BCUT2D eigenvalue weighted by molar-refractivity contribution is 7.14. The van der Waals surface area contributed by atoms with Gasteiger partial charge in [-0.1, -0.05) is 30.3 Å². The lowest BCUT2D eigenvalue weighted by Crippen LogP contribution is -2.29. The molecule has 1 aliphatic heterocycles. The van der Waals surface area contributed by atoms with Crippen LogP contribution in [0.2, 0.25) is 0 Å². The van der Waals surface area contributed by atoms with Gasteiger partial charge in [0.2, 0.25) is 0 Å². The Morgan fingerprint density at radius 3 is 2.58 bits per heavy atom. The van der Waals surface area contributed by atoms with Gasteiger partial charge in [0.05, 0.1) is 5.92 Å². The number of amides is 1. The zero-order valence-electron chi connectivity index (χ0n) is 13.9. The zero-order valence-corrected chi connectivity index (χ0v) is 14.7. The molecule has 0 radical (unpaired) electrons. The van der Waals surface area contributed by atoms with E-state index in [9.17, 15) is 23.5 Å². The molecule has 2 aromatic rings. The van der Waals surface area contributed by atoms with Gasteiger partial charge in [-0.2, -0.15) is 8.78 Å². The Hall–Kier alpha value is -2.48. The first-order valence-electron chi connectivity index (χ1n) is 7.99. The van der Waals surface area contributed by atoms with Gasteiger partial charge in [0.15, 0.2) is 0 Å². The van der Waals surface area contributed by atoms with Crippen LogP contribution in [-0.2, 0) is 4.79 Å². The number of benzene rings is 1. The van der Waals surface area contributed by atoms with Gasteiger partial charge in [0, 0.05) is 23.9 Å². The molecular formula is C18H17F2NO4S. The number of rotatable bonds is 5. The van der Waals surface area contributed by atoms with Crippen LogP contribution in [0.1, 0.15) is 26.0 Å². The number of carbonyl (C=O) groups is 2. The van der Waals surface area contributed by atoms with E-state index in [0.717, 1.165) is 16.9 Å². The lowest BCUT2D eigenvalue weighted by Gasteiger charge is -2.16. The highest BCUT2D eigenvalue weighted by atomic mass is 32.1. The van der Waals surface area contributed by atoms with E-state index in [1.54, 1.807) is 6.92 Å². The van der Waals surface area contributed by atoms with E-state index in [4.69, 9.17) is 0 Å². The van der Waals surface area contributed by atoms with Crippen molar-refractivity contribution in [2.45, 2.75) is 19.5 Å². The SMILES string of the molecule is Cc1cc(OC(F)F)c(C(=O)N2C[C@@H](C(=O)O)[C@H](c3ccccc3)C2)s1. The summed E-state index contributed by atoms with van der Waals surface area (Å²) >= 11 is 1.06. The Balaban J connectivity index is 1.86. The molecule has 0 unspecified atom stereocenters. The number of ether oxygens (including phenoxy) is 1. The lowest BCUT2D eigenvalue weighted by molar-refractivity contribution is -0.141. The summed E-state index contributed by atoms with van der Waals surface area (Å²) in [5.74, 6) is -2.73. The standard InChI is InChI=1S/C18H17F2NO4S/c1-10-7-14(25-18(19)20)15(26-10)16(22)21-8-12(13(9-21)17(23)24)11-5-3-2-4-6-11/h2-7,12-13,18H,8-9H2,1H3,(H,23,24)/t12-,13+/m0/s1. The van der Waals surface area contributed by atoms with Crippen LogP contribution in [-0.4, -0.2) is 41.6 Å². The van der Waals surface area contributed by atoms with Crippen LogP contribution in [0.25, 0.3) is 0 Å². The van der Waals surface area contributed by atoms with Crippen molar-refractivity contribution in [3.05, 3.63) is 51.7 Å². The van der Waals surface area contributed by atoms with Gasteiger partial charge in [-0.3, -0.25) is 9.59 Å². The molecule has 2 atom stereocenters. The molecule has 1 aliphatic rings. The van der Waals surface area contributed by atoms with E-state index in [-0.39, 0.29) is 29.6 Å². The fourth-order valence-electron chi connectivity index (χ4n) is 3.22. The zero-order chi connectivity index (χ0) is 18.8. The van der Waals surface area contributed by atoms with Crippen LogP contribution in [0, 0.1) is 12.8 Å². The second-order valence-corrected chi connectivity index (χ2v) is 7.36. The largest absolute Gasteiger partial charge is 0.481 e. The average molecular weight is 381 g/mol. The molecule has 0 spiro atoms. The first-order chi connectivity index (χ1) is 12.4. The maximum absolute atomic E-state index is 12.8. The van der Waals surface area contributed by atoms with Crippen molar-refractivity contribution in [1.82, 2.24) is 4.90 Å². The highest BCUT2D eigenvalue weighted by Crippen LogP contribution is 2.37. The number of halogens is 2. The molecule has 8 heteroatoms. The molecule has 0 saturated carbocycles. The smallest absolute Gasteiger partial charge is 0.387 e. The fourth-order valence-corrected chi connectivity index (χ4v) is 4.14. The van der Waals surface area contributed by atoms with E-state index < -0.39 is 24.4 Å². The van der Waals surface area contributed by atoms with Crippen molar-refractivity contribution < 1.29 is 28.2 Å². The molecule has 0 aliphatic carbocycles. The summed E-state index contributed by atoms with van der Waals surface area (Å²) in [5, 5.41) is 9.53. The molecule has 1 fully saturated rings. The Kier molecular flexibility index (Phi) is 5.22. The number of aryl methyl sites for hydroxylation is 1. The lowest BCUT2D eigenvalue weighted by atomic mass is 9.89. The van der Waals surface area contributed by atoms with Crippen molar-refractivity contribution in [1.29, 1.82) is 0 Å². The Bertz CT molecular complexity index is 809. The Morgan fingerprint density at radius 2 is 1.96 bits per heavy atom. The monoisotopic (exact) mass is 381 g/mol.